The molecule has 8 heteroatoms. The zero-order chi connectivity index (χ0) is 26.5. The number of hydrogen-bond acceptors (Lipinski definition) is 7. The van der Waals surface area contributed by atoms with Crippen molar-refractivity contribution in [3.05, 3.63) is 89.0 Å². The number of ketones is 1. The first-order chi connectivity index (χ1) is 17.9. The Hall–Kier alpha value is -4.46. The number of amides is 1. The van der Waals surface area contributed by atoms with Crippen LogP contribution in [-0.2, 0) is 16.1 Å². The van der Waals surface area contributed by atoms with Crippen LogP contribution in [0.15, 0.2) is 72.3 Å². The summed E-state index contributed by atoms with van der Waals surface area (Å²) in [6, 6.07) is 18.3. The number of hydrogen-bond donors (Lipinski definition) is 1. The summed E-state index contributed by atoms with van der Waals surface area (Å²) in [5, 5.41) is 11.3. The number of rotatable bonds is 9. The van der Waals surface area contributed by atoms with Gasteiger partial charge in [0.25, 0.3) is 11.7 Å². The molecule has 0 radical (unpaired) electrons. The fraction of sp³-hybridized carbons (Fsp3) is 0.241. The number of aliphatic hydroxyl groups excluding tert-OH is 1. The summed E-state index contributed by atoms with van der Waals surface area (Å²) in [7, 11) is 4.61. The van der Waals surface area contributed by atoms with Gasteiger partial charge in [-0.1, -0.05) is 18.2 Å². The molecule has 0 aliphatic carbocycles. The Morgan fingerprint density at radius 1 is 0.838 bits per heavy atom. The molecular formula is C29H29NO7. The quantitative estimate of drug-likeness (QED) is 0.256. The van der Waals surface area contributed by atoms with Gasteiger partial charge in [0.05, 0.1) is 39.6 Å². The Morgan fingerprint density at radius 2 is 1.49 bits per heavy atom. The molecule has 1 aliphatic rings. The van der Waals surface area contributed by atoms with Crippen LogP contribution >= 0.6 is 0 Å². The van der Waals surface area contributed by atoms with Crippen molar-refractivity contribution in [2.75, 3.05) is 27.9 Å². The number of carbonyl (C=O) groups is 2. The van der Waals surface area contributed by atoms with E-state index in [-0.39, 0.29) is 17.9 Å². The molecule has 1 fully saturated rings. The van der Waals surface area contributed by atoms with Crippen LogP contribution in [0.4, 0.5) is 0 Å². The number of likely N-dealkylation sites (tertiary alicyclic amines) is 1. The van der Waals surface area contributed by atoms with Gasteiger partial charge < -0.3 is 29.0 Å². The molecule has 0 spiro atoms. The SMILES string of the molecule is CCOc1ccc(/C(O)=C2/C(=O)C(=O)N(Cc3ccc(OC)cc3)C2c2ccc(OC)c(OC)c2)cc1. The maximum Gasteiger partial charge on any atom is 0.295 e. The van der Waals surface area contributed by atoms with E-state index >= 15 is 0 Å². The number of methoxy groups -OCH3 is 3. The first-order valence-electron chi connectivity index (χ1n) is 11.8. The van der Waals surface area contributed by atoms with Gasteiger partial charge in [0.2, 0.25) is 0 Å². The second-order valence-electron chi connectivity index (χ2n) is 8.35. The number of benzene rings is 3. The average Bonchev–Trinajstić information content (AvgIpc) is 3.18. The van der Waals surface area contributed by atoms with E-state index in [1.165, 1.54) is 19.1 Å². The molecule has 37 heavy (non-hydrogen) atoms. The third-order valence-electron chi connectivity index (χ3n) is 6.21. The van der Waals surface area contributed by atoms with Crippen LogP contribution in [0.3, 0.4) is 0 Å². The van der Waals surface area contributed by atoms with E-state index in [2.05, 4.69) is 0 Å². The molecule has 192 valence electrons. The summed E-state index contributed by atoms with van der Waals surface area (Å²) in [6.07, 6.45) is 0. The molecule has 0 aromatic heterocycles. The van der Waals surface area contributed by atoms with Crippen molar-refractivity contribution in [2.45, 2.75) is 19.5 Å². The molecule has 4 rings (SSSR count). The number of carbonyl (C=O) groups excluding carboxylic acids is 2. The van der Waals surface area contributed by atoms with Gasteiger partial charge in [-0.25, -0.2) is 0 Å². The second kappa shape index (κ2) is 11.1. The minimum Gasteiger partial charge on any atom is -0.507 e. The first kappa shape index (κ1) is 25.6. The van der Waals surface area contributed by atoms with Crippen LogP contribution in [0.5, 0.6) is 23.0 Å². The van der Waals surface area contributed by atoms with Crippen LogP contribution in [0, 0.1) is 0 Å². The molecule has 1 unspecified atom stereocenters. The Kier molecular flexibility index (Phi) is 7.67. The maximum absolute atomic E-state index is 13.3. The van der Waals surface area contributed by atoms with Crippen LogP contribution < -0.4 is 18.9 Å². The Morgan fingerprint density at radius 3 is 2.08 bits per heavy atom. The third kappa shape index (κ3) is 5.09. The van der Waals surface area contributed by atoms with E-state index in [0.717, 1.165) is 5.56 Å². The predicted octanol–water partition coefficient (Wildman–Crippen LogP) is 4.73. The highest BCUT2D eigenvalue weighted by molar-refractivity contribution is 6.46. The molecular weight excluding hydrogens is 474 g/mol. The van der Waals surface area contributed by atoms with E-state index in [0.29, 0.717) is 40.7 Å². The van der Waals surface area contributed by atoms with E-state index in [9.17, 15) is 14.7 Å². The highest BCUT2D eigenvalue weighted by Crippen LogP contribution is 2.42. The summed E-state index contributed by atoms with van der Waals surface area (Å²) in [5.41, 5.74) is 1.79. The fourth-order valence-corrected chi connectivity index (χ4v) is 4.37. The maximum atomic E-state index is 13.3. The fourth-order valence-electron chi connectivity index (χ4n) is 4.37. The van der Waals surface area contributed by atoms with Crippen molar-refractivity contribution in [3.8, 4) is 23.0 Å². The zero-order valence-corrected chi connectivity index (χ0v) is 21.2. The lowest BCUT2D eigenvalue weighted by Crippen LogP contribution is -2.29. The van der Waals surface area contributed by atoms with Gasteiger partial charge in [0.1, 0.15) is 17.3 Å². The Bertz CT molecular complexity index is 1310. The largest absolute Gasteiger partial charge is 0.507 e. The highest BCUT2D eigenvalue weighted by atomic mass is 16.5. The average molecular weight is 504 g/mol. The molecule has 8 nitrogen and oxygen atoms in total. The van der Waals surface area contributed by atoms with Crippen LogP contribution in [0.2, 0.25) is 0 Å². The van der Waals surface area contributed by atoms with Crippen molar-refractivity contribution in [1.82, 2.24) is 4.90 Å². The Labute approximate surface area is 215 Å². The Balaban J connectivity index is 1.83. The molecule has 1 atom stereocenters. The third-order valence-corrected chi connectivity index (χ3v) is 6.21. The molecule has 3 aromatic carbocycles. The summed E-state index contributed by atoms with van der Waals surface area (Å²) in [5.74, 6) is 0.523. The normalized spacial score (nSPS) is 16.5. The van der Waals surface area contributed by atoms with E-state index in [1.54, 1.807) is 61.7 Å². The number of nitrogens with zero attached hydrogens (tertiary/aromatic N) is 1. The lowest BCUT2D eigenvalue weighted by atomic mass is 9.94. The first-order valence-corrected chi connectivity index (χ1v) is 11.8. The minimum atomic E-state index is -0.853. The topological polar surface area (TPSA) is 94.5 Å². The predicted molar refractivity (Wildman–Crippen MR) is 138 cm³/mol. The van der Waals surface area contributed by atoms with Crippen LogP contribution in [0.25, 0.3) is 5.76 Å². The molecule has 1 heterocycles. The van der Waals surface area contributed by atoms with Gasteiger partial charge in [-0.05, 0) is 66.6 Å². The van der Waals surface area contributed by atoms with Crippen molar-refractivity contribution < 1.29 is 33.6 Å². The van der Waals surface area contributed by atoms with Crippen molar-refractivity contribution >= 4 is 17.4 Å². The summed E-state index contributed by atoms with van der Waals surface area (Å²) in [6.45, 7) is 2.52. The standard InChI is InChI=1S/C29H29NO7/c1-5-37-22-13-8-19(9-14-22)27(31)25-26(20-10-15-23(35-3)24(16-20)36-4)30(29(33)28(25)32)17-18-6-11-21(34-2)12-7-18/h6-16,26,31H,5,17H2,1-4H3/b27-25-. The monoisotopic (exact) mass is 503 g/mol. The lowest BCUT2D eigenvalue weighted by molar-refractivity contribution is -0.140. The van der Waals surface area contributed by atoms with Gasteiger partial charge in [0.15, 0.2) is 11.5 Å². The molecule has 1 N–H and O–H groups in total. The molecule has 1 aliphatic heterocycles. The van der Waals surface area contributed by atoms with E-state index in [1.807, 2.05) is 19.1 Å². The molecule has 1 saturated heterocycles. The van der Waals surface area contributed by atoms with Crippen molar-refractivity contribution in [2.24, 2.45) is 0 Å². The molecule has 0 saturated carbocycles. The van der Waals surface area contributed by atoms with Gasteiger partial charge in [-0.15, -0.1) is 0 Å². The van der Waals surface area contributed by atoms with E-state index < -0.39 is 17.7 Å². The number of aliphatic hydroxyl groups is 1. The lowest BCUT2D eigenvalue weighted by Gasteiger charge is -2.26. The summed E-state index contributed by atoms with van der Waals surface area (Å²) in [4.78, 5) is 28.1. The van der Waals surface area contributed by atoms with Crippen LogP contribution in [-0.4, -0.2) is 49.6 Å². The zero-order valence-electron chi connectivity index (χ0n) is 21.2. The van der Waals surface area contributed by atoms with Gasteiger partial charge in [0, 0.05) is 12.1 Å². The van der Waals surface area contributed by atoms with Crippen molar-refractivity contribution in [1.29, 1.82) is 0 Å². The van der Waals surface area contributed by atoms with Gasteiger partial charge >= 0.3 is 0 Å². The van der Waals surface area contributed by atoms with Crippen molar-refractivity contribution in [3.63, 3.8) is 0 Å². The number of Topliss-reactive ketones (excluding diaryl/α,β-unsaturated/α-hetero) is 1. The van der Waals surface area contributed by atoms with E-state index in [4.69, 9.17) is 18.9 Å². The highest BCUT2D eigenvalue weighted by Gasteiger charge is 2.46. The summed E-state index contributed by atoms with van der Waals surface area (Å²) < 4.78 is 21.5. The molecule has 0 bridgehead atoms. The molecule has 1 amide bonds. The smallest absolute Gasteiger partial charge is 0.295 e. The second-order valence-corrected chi connectivity index (χ2v) is 8.35. The minimum absolute atomic E-state index is 0.00473. The summed E-state index contributed by atoms with van der Waals surface area (Å²) >= 11 is 0. The number of ether oxygens (including phenoxy) is 4. The van der Waals surface area contributed by atoms with Gasteiger partial charge in [-0.2, -0.15) is 0 Å². The molecule has 3 aromatic rings. The van der Waals surface area contributed by atoms with Gasteiger partial charge in [-0.3, -0.25) is 9.59 Å². The van der Waals surface area contributed by atoms with Crippen LogP contribution in [0.1, 0.15) is 29.7 Å².